The zero-order chi connectivity index (χ0) is 15.8. The topological polar surface area (TPSA) is 35.9 Å². The van der Waals surface area contributed by atoms with Crippen LogP contribution in [0, 0.1) is 6.92 Å². The lowest BCUT2D eigenvalue weighted by Crippen LogP contribution is -2.42. The Morgan fingerprint density at radius 3 is 2.68 bits per heavy atom. The molecule has 1 unspecified atom stereocenters. The third-order valence-electron chi connectivity index (χ3n) is 4.43. The molecule has 1 saturated heterocycles. The van der Waals surface area contributed by atoms with Gasteiger partial charge in [0.15, 0.2) is 0 Å². The molecule has 1 aromatic rings. The van der Waals surface area contributed by atoms with Gasteiger partial charge in [-0.15, -0.1) is 0 Å². The fraction of sp³-hybridized carbons (Fsp3) is 0.667. The van der Waals surface area contributed by atoms with E-state index in [1.165, 1.54) is 11.1 Å². The Balaban J connectivity index is 1.91. The van der Waals surface area contributed by atoms with Crippen molar-refractivity contribution in [3.63, 3.8) is 0 Å². The highest BCUT2D eigenvalue weighted by Gasteiger charge is 2.15. The van der Waals surface area contributed by atoms with Crippen LogP contribution in [0.15, 0.2) is 24.3 Å². The summed E-state index contributed by atoms with van der Waals surface area (Å²) in [5.41, 5.74) is 2.68. The van der Waals surface area contributed by atoms with Crippen molar-refractivity contribution in [2.24, 2.45) is 0 Å². The molecule has 1 heterocycles. The Morgan fingerprint density at radius 1 is 1.27 bits per heavy atom. The average Bonchev–Trinajstić information content (AvgIpc) is 2.55. The van der Waals surface area contributed by atoms with Crippen molar-refractivity contribution in [3.8, 4) is 0 Å². The van der Waals surface area contributed by atoms with Gasteiger partial charge in [-0.1, -0.05) is 31.2 Å². The molecule has 1 aliphatic rings. The van der Waals surface area contributed by atoms with Gasteiger partial charge in [-0.3, -0.25) is 9.80 Å². The van der Waals surface area contributed by atoms with Crippen molar-refractivity contribution < 1.29 is 9.84 Å². The number of rotatable bonds is 8. The van der Waals surface area contributed by atoms with Gasteiger partial charge in [-0.05, 0) is 24.5 Å². The van der Waals surface area contributed by atoms with Crippen molar-refractivity contribution in [1.29, 1.82) is 0 Å². The first-order chi connectivity index (χ1) is 10.7. The van der Waals surface area contributed by atoms with Gasteiger partial charge in [-0.2, -0.15) is 0 Å². The number of aryl methyl sites for hydroxylation is 1. The summed E-state index contributed by atoms with van der Waals surface area (Å²) in [5.74, 6) is 0. The first-order valence-electron chi connectivity index (χ1n) is 8.44. The van der Waals surface area contributed by atoms with Crippen molar-refractivity contribution in [2.45, 2.75) is 32.9 Å². The van der Waals surface area contributed by atoms with E-state index in [4.69, 9.17) is 4.74 Å². The molecule has 0 bridgehead atoms. The maximum Gasteiger partial charge on any atom is 0.0664 e. The van der Waals surface area contributed by atoms with Gasteiger partial charge in [0.25, 0.3) is 0 Å². The van der Waals surface area contributed by atoms with E-state index in [1.54, 1.807) is 0 Å². The highest BCUT2D eigenvalue weighted by molar-refractivity contribution is 5.25. The van der Waals surface area contributed by atoms with E-state index < -0.39 is 0 Å². The molecule has 1 atom stereocenters. The lowest BCUT2D eigenvalue weighted by atomic mass is 10.1. The molecule has 0 spiro atoms. The van der Waals surface area contributed by atoms with E-state index in [9.17, 15) is 5.11 Å². The molecule has 124 valence electrons. The maximum atomic E-state index is 10.0. The van der Waals surface area contributed by atoms with Crippen LogP contribution in [0.3, 0.4) is 0 Å². The third kappa shape index (κ3) is 5.69. The largest absolute Gasteiger partial charge is 0.392 e. The minimum atomic E-state index is -0.242. The fourth-order valence-corrected chi connectivity index (χ4v) is 2.80. The van der Waals surface area contributed by atoms with Gasteiger partial charge in [0.2, 0.25) is 0 Å². The number of ether oxygens (including phenoxy) is 1. The summed E-state index contributed by atoms with van der Waals surface area (Å²) in [6.07, 6.45) is 0.565. The average molecular weight is 306 g/mol. The van der Waals surface area contributed by atoms with Gasteiger partial charge in [0.1, 0.15) is 0 Å². The number of hydrogen-bond acceptors (Lipinski definition) is 4. The molecule has 2 rings (SSSR count). The Kier molecular flexibility index (Phi) is 7.33. The summed E-state index contributed by atoms with van der Waals surface area (Å²) < 4.78 is 5.40. The summed E-state index contributed by atoms with van der Waals surface area (Å²) in [6, 6.07) is 8.53. The van der Waals surface area contributed by atoms with Crippen molar-refractivity contribution in [3.05, 3.63) is 35.4 Å². The highest BCUT2D eigenvalue weighted by Crippen LogP contribution is 2.12. The van der Waals surface area contributed by atoms with Crippen LogP contribution in [0.4, 0.5) is 0 Å². The molecule has 1 aliphatic heterocycles. The summed E-state index contributed by atoms with van der Waals surface area (Å²) in [5, 5.41) is 10.0. The molecule has 4 nitrogen and oxygen atoms in total. The summed E-state index contributed by atoms with van der Waals surface area (Å²) in [6.45, 7) is 11.6. The SMILES string of the molecule is CCC(O)CN(CCN1CCOCC1)Cc1ccccc1C. The Hall–Kier alpha value is -0.940. The number of benzene rings is 1. The molecule has 1 aromatic carbocycles. The van der Waals surface area contributed by atoms with Crippen LogP contribution in [0.25, 0.3) is 0 Å². The van der Waals surface area contributed by atoms with Crippen LogP contribution in [-0.4, -0.2) is 66.9 Å². The molecule has 4 heteroatoms. The monoisotopic (exact) mass is 306 g/mol. The van der Waals surface area contributed by atoms with Crippen LogP contribution in [0.2, 0.25) is 0 Å². The number of aliphatic hydroxyl groups is 1. The molecule has 0 aliphatic carbocycles. The van der Waals surface area contributed by atoms with E-state index >= 15 is 0 Å². The van der Waals surface area contributed by atoms with E-state index in [0.29, 0.717) is 0 Å². The van der Waals surface area contributed by atoms with Gasteiger partial charge in [0.05, 0.1) is 19.3 Å². The molecule has 0 saturated carbocycles. The van der Waals surface area contributed by atoms with Crippen LogP contribution >= 0.6 is 0 Å². The number of morpholine rings is 1. The first-order valence-corrected chi connectivity index (χ1v) is 8.44. The summed E-state index contributed by atoms with van der Waals surface area (Å²) in [7, 11) is 0. The quantitative estimate of drug-likeness (QED) is 0.796. The normalized spacial score (nSPS) is 17.8. The van der Waals surface area contributed by atoms with Gasteiger partial charge >= 0.3 is 0 Å². The zero-order valence-corrected chi connectivity index (χ0v) is 14.0. The lowest BCUT2D eigenvalue weighted by molar-refractivity contribution is 0.0290. The minimum absolute atomic E-state index is 0.242. The van der Waals surface area contributed by atoms with Crippen LogP contribution < -0.4 is 0 Å². The predicted molar refractivity (Wildman–Crippen MR) is 90.0 cm³/mol. The van der Waals surface area contributed by atoms with Gasteiger partial charge < -0.3 is 9.84 Å². The van der Waals surface area contributed by atoms with E-state index in [0.717, 1.165) is 58.9 Å². The van der Waals surface area contributed by atoms with Crippen molar-refractivity contribution in [2.75, 3.05) is 45.9 Å². The predicted octanol–water partition coefficient (Wildman–Crippen LogP) is 1.90. The third-order valence-corrected chi connectivity index (χ3v) is 4.43. The second kappa shape index (κ2) is 9.26. The molecule has 0 radical (unpaired) electrons. The summed E-state index contributed by atoms with van der Waals surface area (Å²) >= 11 is 0. The second-order valence-electron chi connectivity index (χ2n) is 6.18. The van der Waals surface area contributed by atoms with Gasteiger partial charge in [-0.25, -0.2) is 0 Å². The van der Waals surface area contributed by atoms with E-state index in [-0.39, 0.29) is 6.10 Å². The van der Waals surface area contributed by atoms with E-state index in [1.807, 2.05) is 6.92 Å². The van der Waals surface area contributed by atoms with Crippen molar-refractivity contribution >= 4 is 0 Å². The Labute approximate surface area is 134 Å². The molecular formula is C18H30N2O2. The summed E-state index contributed by atoms with van der Waals surface area (Å²) in [4.78, 5) is 4.83. The second-order valence-corrected chi connectivity index (χ2v) is 6.18. The van der Waals surface area contributed by atoms with E-state index in [2.05, 4.69) is 41.0 Å². The lowest BCUT2D eigenvalue weighted by Gasteiger charge is -2.31. The molecule has 1 N–H and O–H groups in total. The van der Waals surface area contributed by atoms with Crippen LogP contribution in [0.5, 0.6) is 0 Å². The Morgan fingerprint density at radius 2 is 2.00 bits per heavy atom. The molecular weight excluding hydrogens is 276 g/mol. The Bertz CT molecular complexity index is 433. The zero-order valence-electron chi connectivity index (χ0n) is 14.0. The van der Waals surface area contributed by atoms with Crippen LogP contribution in [0.1, 0.15) is 24.5 Å². The maximum absolute atomic E-state index is 10.0. The molecule has 1 fully saturated rings. The number of aliphatic hydroxyl groups excluding tert-OH is 1. The van der Waals surface area contributed by atoms with Gasteiger partial charge in [0, 0.05) is 39.3 Å². The number of nitrogens with zero attached hydrogens (tertiary/aromatic N) is 2. The fourth-order valence-electron chi connectivity index (χ4n) is 2.80. The first kappa shape index (κ1) is 17.4. The molecule has 22 heavy (non-hydrogen) atoms. The molecule has 0 amide bonds. The van der Waals surface area contributed by atoms with Crippen LogP contribution in [-0.2, 0) is 11.3 Å². The smallest absolute Gasteiger partial charge is 0.0664 e. The minimum Gasteiger partial charge on any atom is -0.392 e. The highest BCUT2D eigenvalue weighted by atomic mass is 16.5. The van der Waals surface area contributed by atoms with Crippen molar-refractivity contribution in [1.82, 2.24) is 9.80 Å². The standard InChI is InChI=1S/C18H30N2O2/c1-3-18(21)15-20(9-8-19-10-12-22-13-11-19)14-17-7-5-4-6-16(17)2/h4-7,18,21H,3,8-15H2,1-2H3. The molecule has 0 aromatic heterocycles. The number of hydrogen-bond donors (Lipinski definition) is 1.